The minimum absolute atomic E-state index is 0.141. The molecule has 1 saturated heterocycles. The van der Waals surface area contributed by atoms with Crippen molar-refractivity contribution in [2.75, 3.05) is 38.1 Å². The number of hydrogen-bond acceptors (Lipinski definition) is 4. The van der Waals surface area contributed by atoms with Crippen molar-refractivity contribution < 1.29 is 10.2 Å². The number of nitrogens with zero attached hydrogens (tertiary/aromatic N) is 2. The Morgan fingerprint density at radius 3 is 2.19 bits per heavy atom. The molecule has 134 valence electrons. The van der Waals surface area contributed by atoms with Gasteiger partial charge in [0.25, 0.3) is 0 Å². The molecule has 2 N–H and O–H groups in total. The van der Waals surface area contributed by atoms with Gasteiger partial charge in [-0.2, -0.15) is 0 Å². The third-order valence-corrected chi connectivity index (χ3v) is 5.34. The summed E-state index contributed by atoms with van der Waals surface area (Å²) < 4.78 is 0. The summed E-state index contributed by atoms with van der Waals surface area (Å²) in [5.74, 6) is 0.141. The lowest BCUT2D eigenvalue weighted by Crippen LogP contribution is -2.44. The lowest BCUT2D eigenvalue weighted by atomic mass is 9.97. The van der Waals surface area contributed by atoms with E-state index in [9.17, 15) is 10.2 Å². The molecular weight excluding hydrogens is 324 g/mol. The van der Waals surface area contributed by atoms with E-state index in [-0.39, 0.29) is 12.4 Å². The molecule has 0 saturated carbocycles. The van der Waals surface area contributed by atoms with E-state index in [4.69, 9.17) is 0 Å². The molecule has 0 amide bonds. The highest BCUT2D eigenvalue weighted by molar-refractivity contribution is 5.91. The molecule has 0 bridgehead atoms. The van der Waals surface area contributed by atoms with Gasteiger partial charge in [0.05, 0.1) is 6.61 Å². The van der Waals surface area contributed by atoms with E-state index in [2.05, 4.69) is 47.2 Å². The number of aliphatic hydroxyl groups excluding tert-OH is 1. The second kappa shape index (κ2) is 6.98. The number of rotatable bonds is 3. The van der Waals surface area contributed by atoms with Crippen molar-refractivity contribution in [2.45, 2.75) is 6.61 Å². The van der Waals surface area contributed by atoms with Gasteiger partial charge in [0, 0.05) is 37.4 Å². The number of phenols is 1. The second-order valence-corrected chi connectivity index (χ2v) is 6.99. The second-order valence-electron chi connectivity index (χ2n) is 6.99. The molecule has 4 heteroatoms. The van der Waals surface area contributed by atoms with Crippen molar-refractivity contribution in [3.63, 3.8) is 0 Å². The number of fused-ring (bicyclic) bond motifs is 1. The SMILES string of the molecule is CN1CCN(c2ccc(-c3ccc4ccc(O)c(CO)c4c3)cc2)CC1. The van der Waals surface area contributed by atoms with Gasteiger partial charge in [0.2, 0.25) is 0 Å². The summed E-state index contributed by atoms with van der Waals surface area (Å²) >= 11 is 0. The molecule has 1 aliphatic heterocycles. The summed E-state index contributed by atoms with van der Waals surface area (Å²) in [5, 5.41) is 21.5. The minimum atomic E-state index is -0.172. The van der Waals surface area contributed by atoms with Gasteiger partial charge in [-0.05, 0) is 53.2 Å². The molecule has 3 aromatic rings. The Hall–Kier alpha value is -2.56. The van der Waals surface area contributed by atoms with Crippen LogP contribution in [0.3, 0.4) is 0 Å². The van der Waals surface area contributed by atoms with E-state index < -0.39 is 0 Å². The molecule has 4 nitrogen and oxygen atoms in total. The van der Waals surface area contributed by atoms with Crippen LogP contribution >= 0.6 is 0 Å². The Kier molecular flexibility index (Phi) is 4.53. The Morgan fingerprint density at radius 2 is 1.50 bits per heavy atom. The van der Waals surface area contributed by atoms with Gasteiger partial charge in [0.1, 0.15) is 5.75 Å². The number of aliphatic hydroxyl groups is 1. The monoisotopic (exact) mass is 348 g/mol. The van der Waals surface area contributed by atoms with E-state index in [1.165, 1.54) is 5.69 Å². The molecule has 0 spiro atoms. The van der Waals surface area contributed by atoms with E-state index in [0.29, 0.717) is 5.56 Å². The predicted molar refractivity (Wildman–Crippen MR) is 107 cm³/mol. The summed E-state index contributed by atoms with van der Waals surface area (Å²) in [6, 6.07) is 18.4. The van der Waals surface area contributed by atoms with Crippen LogP contribution in [0.25, 0.3) is 21.9 Å². The minimum Gasteiger partial charge on any atom is -0.508 e. The maximum Gasteiger partial charge on any atom is 0.121 e. The maximum atomic E-state index is 10.0. The average Bonchev–Trinajstić information content (AvgIpc) is 2.68. The Morgan fingerprint density at radius 1 is 0.846 bits per heavy atom. The van der Waals surface area contributed by atoms with E-state index in [0.717, 1.165) is 48.1 Å². The van der Waals surface area contributed by atoms with E-state index in [1.54, 1.807) is 6.07 Å². The van der Waals surface area contributed by atoms with Gasteiger partial charge in [-0.1, -0.05) is 30.3 Å². The van der Waals surface area contributed by atoms with Crippen LogP contribution in [0.15, 0.2) is 54.6 Å². The Labute approximate surface area is 153 Å². The first-order valence-corrected chi connectivity index (χ1v) is 9.05. The summed E-state index contributed by atoms with van der Waals surface area (Å²) in [6.45, 7) is 4.14. The summed E-state index contributed by atoms with van der Waals surface area (Å²) in [4.78, 5) is 4.78. The van der Waals surface area contributed by atoms with Crippen molar-refractivity contribution in [1.82, 2.24) is 4.90 Å². The topological polar surface area (TPSA) is 46.9 Å². The molecule has 0 unspecified atom stereocenters. The van der Waals surface area contributed by atoms with Gasteiger partial charge in [-0.3, -0.25) is 0 Å². The maximum absolute atomic E-state index is 10.0. The predicted octanol–water partition coefficient (Wildman–Crippen LogP) is 3.46. The van der Waals surface area contributed by atoms with Crippen molar-refractivity contribution in [2.24, 2.45) is 0 Å². The average molecular weight is 348 g/mol. The van der Waals surface area contributed by atoms with Crippen molar-refractivity contribution in [3.8, 4) is 16.9 Å². The van der Waals surface area contributed by atoms with Crippen LogP contribution in [0.1, 0.15) is 5.56 Å². The number of anilines is 1. The van der Waals surface area contributed by atoms with Crippen LogP contribution in [0.4, 0.5) is 5.69 Å². The zero-order valence-corrected chi connectivity index (χ0v) is 15.0. The smallest absolute Gasteiger partial charge is 0.121 e. The van der Waals surface area contributed by atoms with Crippen LogP contribution in [0, 0.1) is 0 Å². The third-order valence-electron chi connectivity index (χ3n) is 5.34. The fourth-order valence-corrected chi connectivity index (χ4v) is 3.65. The summed E-state index contributed by atoms with van der Waals surface area (Å²) in [5.41, 5.74) is 4.06. The van der Waals surface area contributed by atoms with Crippen LogP contribution in [-0.2, 0) is 6.61 Å². The van der Waals surface area contributed by atoms with Crippen molar-refractivity contribution in [1.29, 1.82) is 0 Å². The summed E-state index contributed by atoms with van der Waals surface area (Å²) in [7, 11) is 2.17. The van der Waals surface area contributed by atoms with E-state index in [1.807, 2.05) is 18.2 Å². The van der Waals surface area contributed by atoms with Crippen molar-refractivity contribution >= 4 is 16.5 Å². The van der Waals surface area contributed by atoms with Gasteiger partial charge in [-0.15, -0.1) is 0 Å². The molecule has 26 heavy (non-hydrogen) atoms. The van der Waals surface area contributed by atoms with Crippen LogP contribution < -0.4 is 4.90 Å². The first-order chi connectivity index (χ1) is 12.7. The molecular formula is C22H24N2O2. The molecule has 1 heterocycles. The van der Waals surface area contributed by atoms with Gasteiger partial charge < -0.3 is 20.0 Å². The van der Waals surface area contributed by atoms with Crippen LogP contribution in [-0.4, -0.2) is 48.3 Å². The summed E-state index contributed by atoms with van der Waals surface area (Å²) in [6.07, 6.45) is 0. The highest BCUT2D eigenvalue weighted by atomic mass is 16.3. The lowest BCUT2D eigenvalue weighted by molar-refractivity contribution is 0.277. The molecule has 0 aromatic heterocycles. The fourth-order valence-electron chi connectivity index (χ4n) is 3.65. The zero-order chi connectivity index (χ0) is 18.1. The normalized spacial score (nSPS) is 15.5. The van der Waals surface area contributed by atoms with Gasteiger partial charge in [0.15, 0.2) is 0 Å². The molecule has 0 atom stereocenters. The molecule has 0 radical (unpaired) electrons. The lowest BCUT2D eigenvalue weighted by Gasteiger charge is -2.34. The number of hydrogen-bond donors (Lipinski definition) is 2. The van der Waals surface area contributed by atoms with Crippen molar-refractivity contribution in [3.05, 3.63) is 60.2 Å². The van der Waals surface area contributed by atoms with Gasteiger partial charge in [-0.25, -0.2) is 0 Å². The number of aromatic hydroxyl groups is 1. The number of piperazine rings is 1. The largest absolute Gasteiger partial charge is 0.508 e. The standard InChI is InChI=1S/C22H24N2O2/c1-23-10-12-24(13-11-23)19-7-4-16(5-8-19)18-3-2-17-6-9-22(26)21(15-25)20(17)14-18/h2-9,14,25-26H,10-13,15H2,1H3. The van der Waals surface area contributed by atoms with Crippen LogP contribution in [0.2, 0.25) is 0 Å². The molecule has 1 aliphatic rings. The molecule has 4 rings (SSSR count). The van der Waals surface area contributed by atoms with E-state index >= 15 is 0 Å². The highest BCUT2D eigenvalue weighted by Crippen LogP contribution is 2.32. The van der Waals surface area contributed by atoms with Gasteiger partial charge >= 0.3 is 0 Å². The fraction of sp³-hybridized carbons (Fsp3) is 0.273. The Bertz CT molecular complexity index is 913. The highest BCUT2D eigenvalue weighted by Gasteiger charge is 2.14. The number of benzene rings is 3. The molecule has 0 aliphatic carbocycles. The zero-order valence-electron chi connectivity index (χ0n) is 15.0. The Balaban J connectivity index is 1.65. The first-order valence-electron chi connectivity index (χ1n) is 9.05. The third kappa shape index (κ3) is 3.14. The molecule has 3 aromatic carbocycles. The van der Waals surface area contributed by atoms with Crippen LogP contribution in [0.5, 0.6) is 5.75 Å². The molecule has 1 fully saturated rings. The number of likely N-dealkylation sites (N-methyl/N-ethyl adjacent to an activating group) is 1. The quantitative estimate of drug-likeness (QED) is 0.761. The first kappa shape index (κ1) is 16.9.